The Morgan fingerprint density at radius 3 is 2.50 bits per heavy atom. The molecule has 0 spiro atoms. The van der Waals surface area contributed by atoms with Gasteiger partial charge in [-0.2, -0.15) is 5.90 Å². The van der Waals surface area contributed by atoms with Gasteiger partial charge in [0, 0.05) is 0 Å². The van der Waals surface area contributed by atoms with Gasteiger partial charge in [0.15, 0.2) is 0 Å². The fourth-order valence-electron chi connectivity index (χ4n) is 0.162. The molecule has 0 heterocycles. The van der Waals surface area contributed by atoms with Gasteiger partial charge in [0.25, 0.3) is 0 Å². The second-order valence-corrected chi connectivity index (χ2v) is 1.23. The largest absolute Gasteiger partial charge is 0.394 e. The third-order valence-electron chi connectivity index (χ3n) is 0.616. The molecule has 8 heavy (non-hydrogen) atoms. The molecule has 5 heteroatoms. The number of nitrogens with two attached hydrogens (primary N) is 2. The number of aliphatic hydroxyl groups is 1. The number of aliphatic hydroxyl groups excluding tert-OH is 1. The summed E-state index contributed by atoms with van der Waals surface area (Å²) in [5, 5.41) is 8.15. The molecular weight excluding hydrogens is 112 g/mol. The van der Waals surface area contributed by atoms with Crippen molar-refractivity contribution in [3.8, 4) is 0 Å². The van der Waals surface area contributed by atoms with Gasteiger partial charge in [-0.05, 0) is 0 Å². The van der Waals surface area contributed by atoms with Crippen molar-refractivity contribution in [3.05, 3.63) is 0 Å². The molecular formula is C3H8N2O3. The van der Waals surface area contributed by atoms with Crippen molar-refractivity contribution in [2.24, 2.45) is 11.6 Å². The molecule has 0 aliphatic heterocycles. The van der Waals surface area contributed by atoms with Gasteiger partial charge in [-0.25, -0.2) is 4.79 Å². The first-order valence-electron chi connectivity index (χ1n) is 1.99. The molecule has 0 rings (SSSR count). The van der Waals surface area contributed by atoms with Crippen LogP contribution in [0.2, 0.25) is 0 Å². The first kappa shape index (κ1) is 7.35. The number of hydrogen-bond acceptors (Lipinski definition) is 5. The number of rotatable bonds is 2. The van der Waals surface area contributed by atoms with Crippen LogP contribution in [-0.4, -0.2) is 23.7 Å². The van der Waals surface area contributed by atoms with E-state index in [0.29, 0.717) is 0 Å². The molecule has 0 saturated heterocycles. The van der Waals surface area contributed by atoms with Crippen LogP contribution in [-0.2, 0) is 9.63 Å². The van der Waals surface area contributed by atoms with E-state index in [4.69, 9.17) is 10.8 Å². The highest BCUT2D eigenvalue weighted by atomic mass is 16.7. The zero-order valence-electron chi connectivity index (χ0n) is 4.20. The quantitative estimate of drug-likeness (QED) is 0.357. The van der Waals surface area contributed by atoms with Crippen molar-refractivity contribution in [3.63, 3.8) is 0 Å². The Balaban J connectivity index is 3.46. The van der Waals surface area contributed by atoms with Crippen molar-refractivity contribution in [2.75, 3.05) is 6.61 Å². The lowest BCUT2D eigenvalue weighted by Crippen LogP contribution is -2.36. The standard InChI is InChI=1S/C3H8N2O3/c4-2(1-6)3(7)8-5/h2,6H,1,4-5H2. The SMILES string of the molecule is NOC(=O)C(N)CO. The van der Waals surface area contributed by atoms with E-state index in [0.717, 1.165) is 0 Å². The predicted molar refractivity (Wildman–Crippen MR) is 25.3 cm³/mol. The van der Waals surface area contributed by atoms with E-state index >= 15 is 0 Å². The van der Waals surface area contributed by atoms with Gasteiger partial charge in [0.2, 0.25) is 0 Å². The van der Waals surface area contributed by atoms with Crippen LogP contribution in [0.5, 0.6) is 0 Å². The molecule has 5 nitrogen and oxygen atoms in total. The minimum absolute atomic E-state index is 0.448. The van der Waals surface area contributed by atoms with E-state index in [1.165, 1.54) is 0 Å². The van der Waals surface area contributed by atoms with Crippen molar-refractivity contribution >= 4 is 5.97 Å². The van der Waals surface area contributed by atoms with Crippen LogP contribution in [0.3, 0.4) is 0 Å². The molecule has 0 bridgehead atoms. The van der Waals surface area contributed by atoms with Crippen molar-refractivity contribution in [1.82, 2.24) is 0 Å². The Morgan fingerprint density at radius 2 is 2.38 bits per heavy atom. The molecule has 0 fully saturated rings. The Hall–Kier alpha value is -0.650. The third kappa shape index (κ3) is 1.87. The maximum atomic E-state index is 10.1. The average Bonchev–Trinajstić information content (AvgIpc) is 1.84. The highest BCUT2D eigenvalue weighted by Crippen LogP contribution is 1.76. The van der Waals surface area contributed by atoms with Gasteiger partial charge in [-0.1, -0.05) is 0 Å². The Bertz CT molecular complexity index is 84.6. The fraction of sp³-hybridized carbons (Fsp3) is 0.667. The third-order valence-corrected chi connectivity index (χ3v) is 0.616. The zero-order chi connectivity index (χ0) is 6.57. The zero-order valence-corrected chi connectivity index (χ0v) is 4.20. The molecule has 0 saturated carbocycles. The summed E-state index contributed by atoms with van der Waals surface area (Å²) < 4.78 is 0. The fourth-order valence-corrected chi connectivity index (χ4v) is 0.162. The van der Waals surface area contributed by atoms with Gasteiger partial charge in [0.05, 0.1) is 6.61 Å². The molecule has 0 radical (unpaired) electrons. The van der Waals surface area contributed by atoms with E-state index in [2.05, 4.69) is 10.7 Å². The van der Waals surface area contributed by atoms with Gasteiger partial charge in [-0.15, -0.1) is 0 Å². The average molecular weight is 120 g/mol. The van der Waals surface area contributed by atoms with Crippen LogP contribution in [0.15, 0.2) is 0 Å². The van der Waals surface area contributed by atoms with Crippen LogP contribution in [0.1, 0.15) is 0 Å². The van der Waals surface area contributed by atoms with Crippen LogP contribution in [0.4, 0.5) is 0 Å². The van der Waals surface area contributed by atoms with Crippen molar-refractivity contribution in [2.45, 2.75) is 6.04 Å². The summed E-state index contributed by atoms with van der Waals surface area (Å²) in [5.41, 5.74) is 4.92. The van der Waals surface area contributed by atoms with E-state index in [-0.39, 0.29) is 0 Å². The van der Waals surface area contributed by atoms with E-state index in [1.807, 2.05) is 0 Å². The summed E-state index contributed by atoms with van der Waals surface area (Å²) in [4.78, 5) is 13.8. The first-order valence-corrected chi connectivity index (χ1v) is 1.99. The minimum atomic E-state index is -1.01. The molecule has 48 valence electrons. The second kappa shape index (κ2) is 3.36. The monoisotopic (exact) mass is 120 g/mol. The summed E-state index contributed by atoms with van der Waals surface area (Å²) in [6.07, 6.45) is 0. The Kier molecular flexibility index (Phi) is 3.09. The number of carbonyl (C=O) groups excluding carboxylic acids is 1. The molecule has 1 unspecified atom stereocenters. The maximum absolute atomic E-state index is 10.1. The number of hydrogen-bond donors (Lipinski definition) is 3. The highest BCUT2D eigenvalue weighted by Gasteiger charge is 2.11. The number of carbonyl (C=O) groups is 1. The lowest BCUT2D eigenvalue weighted by atomic mass is 10.3. The summed E-state index contributed by atoms with van der Waals surface area (Å²) in [7, 11) is 0. The predicted octanol–water partition coefficient (Wildman–Crippen LogP) is -2.28. The summed E-state index contributed by atoms with van der Waals surface area (Å²) in [5.74, 6) is 3.60. The van der Waals surface area contributed by atoms with E-state index in [1.54, 1.807) is 0 Å². The topological polar surface area (TPSA) is 98.6 Å². The Morgan fingerprint density at radius 1 is 1.88 bits per heavy atom. The smallest absolute Gasteiger partial charge is 0.343 e. The van der Waals surface area contributed by atoms with E-state index in [9.17, 15) is 4.79 Å². The molecule has 0 amide bonds. The van der Waals surface area contributed by atoms with Crippen molar-refractivity contribution < 1.29 is 14.7 Å². The summed E-state index contributed by atoms with van der Waals surface area (Å²) in [6.45, 7) is -0.448. The van der Waals surface area contributed by atoms with E-state index < -0.39 is 18.6 Å². The normalized spacial score (nSPS) is 12.9. The second-order valence-electron chi connectivity index (χ2n) is 1.23. The van der Waals surface area contributed by atoms with Crippen molar-refractivity contribution in [1.29, 1.82) is 0 Å². The Labute approximate surface area is 46.2 Å². The van der Waals surface area contributed by atoms with Gasteiger partial charge >= 0.3 is 5.97 Å². The molecule has 0 aliphatic rings. The van der Waals surface area contributed by atoms with Gasteiger partial charge in [0.1, 0.15) is 6.04 Å². The van der Waals surface area contributed by atoms with Crippen LogP contribution >= 0.6 is 0 Å². The highest BCUT2D eigenvalue weighted by molar-refractivity contribution is 5.75. The summed E-state index contributed by atoms with van der Waals surface area (Å²) in [6, 6.07) is -1.01. The molecule has 0 aromatic carbocycles. The van der Waals surface area contributed by atoms with Crippen LogP contribution < -0.4 is 11.6 Å². The molecule has 0 aromatic rings. The lowest BCUT2D eigenvalue weighted by Gasteiger charge is -2.01. The lowest BCUT2D eigenvalue weighted by molar-refractivity contribution is -0.146. The molecule has 5 N–H and O–H groups in total. The minimum Gasteiger partial charge on any atom is -0.394 e. The van der Waals surface area contributed by atoms with Crippen LogP contribution in [0.25, 0.3) is 0 Å². The molecule has 0 aromatic heterocycles. The van der Waals surface area contributed by atoms with Crippen LogP contribution in [0, 0.1) is 0 Å². The molecule has 1 atom stereocenters. The summed E-state index contributed by atoms with van der Waals surface area (Å²) >= 11 is 0. The molecule has 0 aliphatic carbocycles. The maximum Gasteiger partial charge on any atom is 0.343 e. The van der Waals surface area contributed by atoms with Gasteiger partial charge < -0.3 is 15.7 Å². The first-order chi connectivity index (χ1) is 3.72. The van der Waals surface area contributed by atoms with Gasteiger partial charge in [-0.3, -0.25) is 0 Å².